The molecule has 0 aromatic heterocycles. The summed E-state index contributed by atoms with van der Waals surface area (Å²) >= 11 is 0. The average Bonchev–Trinajstić information content (AvgIpc) is 2.63. The Morgan fingerprint density at radius 1 is 1.00 bits per heavy atom. The molecule has 2 atom stereocenters. The lowest BCUT2D eigenvalue weighted by Gasteiger charge is -2.34. The first-order chi connectivity index (χ1) is 12.8. The van der Waals surface area contributed by atoms with E-state index in [1.807, 2.05) is 45.0 Å². The van der Waals surface area contributed by atoms with Gasteiger partial charge in [-0.1, -0.05) is 17.7 Å². The van der Waals surface area contributed by atoms with Crippen molar-refractivity contribution in [1.29, 1.82) is 0 Å². The zero-order chi connectivity index (χ0) is 19.6. The minimum atomic E-state index is -3.61. The SMILES string of the molecule is Cc1ccc(NC(=O)c2ccc(S(=O)(=O)N3C[C@@H](C)O[C@@H](C)C3)cc2)cc1. The van der Waals surface area contributed by atoms with Gasteiger partial charge in [-0.2, -0.15) is 4.31 Å². The van der Waals surface area contributed by atoms with Gasteiger partial charge in [0.05, 0.1) is 17.1 Å². The Kier molecular flexibility index (Phi) is 5.64. The number of anilines is 1. The number of carbonyl (C=O) groups is 1. The largest absolute Gasteiger partial charge is 0.373 e. The van der Waals surface area contributed by atoms with Gasteiger partial charge in [0.15, 0.2) is 0 Å². The van der Waals surface area contributed by atoms with Crippen molar-refractivity contribution in [2.75, 3.05) is 18.4 Å². The van der Waals surface area contributed by atoms with Crippen LogP contribution in [0.1, 0.15) is 29.8 Å². The fraction of sp³-hybridized carbons (Fsp3) is 0.350. The lowest BCUT2D eigenvalue weighted by molar-refractivity contribution is -0.0440. The van der Waals surface area contributed by atoms with Crippen LogP contribution in [-0.4, -0.2) is 43.9 Å². The molecule has 1 amide bonds. The summed E-state index contributed by atoms with van der Waals surface area (Å²) in [5.74, 6) is -0.281. The third-order valence-electron chi connectivity index (χ3n) is 4.45. The second-order valence-corrected chi connectivity index (χ2v) is 8.86. The molecule has 0 bridgehead atoms. The van der Waals surface area contributed by atoms with E-state index in [9.17, 15) is 13.2 Å². The van der Waals surface area contributed by atoms with Crippen molar-refractivity contribution in [2.24, 2.45) is 0 Å². The van der Waals surface area contributed by atoms with Gasteiger partial charge in [0, 0.05) is 24.3 Å². The summed E-state index contributed by atoms with van der Waals surface area (Å²) in [5, 5.41) is 2.80. The molecule has 1 aliphatic rings. The lowest BCUT2D eigenvalue weighted by Crippen LogP contribution is -2.48. The molecule has 0 unspecified atom stereocenters. The van der Waals surface area contributed by atoms with Crippen molar-refractivity contribution in [3.8, 4) is 0 Å². The molecule has 7 heteroatoms. The van der Waals surface area contributed by atoms with Crippen molar-refractivity contribution in [2.45, 2.75) is 37.9 Å². The number of hydrogen-bond acceptors (Lipinski definition) is 4. The number of benzene rings is 2. The Balaban J connectivity index is 1.74. The van der Waals surface area contributed by atoms with Crippen molar-refractivity contribution < 1.29 is 17.9 Å². The molecule has 2 aromatic carbocycles. The molecule has 0 radical (unpaired) electrons. The van der Waals surface area contributed by atoms with E-state index in [0.717, 1.165) is 5.56 Å². The Bertz CT molecular complexity index is 898. The third kappa shape index (κ3) is 4.55. The molecule has 0 spiro atoms. The van der Waals surface area contributed by atoms with E-state index in [-0.39, 0.29) is 23.0 Å². The maximum atomic E-state index is 12.9. The van der Waals surface area contributed by atoms with Gasteiger partial charge in [-0.3, -0.25) is 4.79 Å². The summed E-state index contributed by atoms with van der Waals surface area (Å²) in [6.07, 6.45) is -0.300. The van der Waals surface area contributed by atoms with E-state index in [1.165, 1.54) is 28.6 Å². The Morgan fingerprint density at radius 3 is 2.11 bits per heavy atom. The normalized spacial score (nSPS) is 21.0. The van der Waals surface area contributed by atoms with Gasteiger partial charge in [0.1, 0.15) is 0 Å². The Labute approximate surface area is 160 Å². The van der Waals surface area contributed by atoms with Gasteiger partial charge in [-0.15, -0.1) is 0 Å². The summed E-state index contributed by atoms with van der Waals surface area (Å²) in [6, 6.07) is 13.5. The van der Waals surface area contributed by atoms with E-state index in [4.69, 9.17) is 4.74 Å². The summed E-state index contributed by atoms with van der Waals surface area (Å²) in [7, 11) is -3.61. The summed E-state index contributed by atoms with van der Waals surface area (Å²) in [5.41, 5.74) is 2.20. The van der Waals surface area contributed by atoms with Gasteiger partial charge >= 0.3 is 0 Å². The number of hydrogen-bond donors (Lipinski definition) is 1. The monoisotopic (exact) mass is 388 g/mol. The van der Waals surface area contributed by atoms with E-state index in [2.05, 4.69) is 5.32 Å². The van der Waals surface area contributed by atoms with Crippen LogP contribution in [0.4, 0.5) is 5.69 Å². The maximum absolute atomic E-state index is 12.9. The van der Waals surface area contributed by atoms with Crippen molar-refractivity contribution in [3.63, 3.8) is 0 Å². The smallest absolute Gasteiger partial charge is 0.255 e. The number of carbonyl (C=O) groups excluding carboxylic acids is 1. The van der Waals surface area contributed by atoms with Gasteiger partial charge in [0.25, 0.3) is 5.91 Å². The van der Waals surface area contributed by atoms with Crippen molar-refractivity contribution in [1.82, 2.24) is 4.31 Å². The van der Waals surface area contributed by atoms with E-state index in [0.29, 0.717) is 24.3 Å². The number of morpholine rings is 1. The Hall–Kier alpha value is -2.22. The van der Waals surface area contributed by atoms with Crippen LogP contribution in [0.25, 0.3) is 0 Å². The van der Waals surface area contributed by atoms with Gasteiger partial charge in [-0.25, -0.2) is 8.42 Å². The molecule has 6 nitrogen and oxygen atoms in total. The van der Waals surface area contributed by atoms with Crippen LogP contribution < -0.4 is 5.32 Å². The third-order valence-corrected chi connectivity index (χ3v) is 6.30. The first-order valence-electron chi connectivity index (χ1n) is 8.89. The molecule has 2 aromatic rings. The van der Waals surface area contributed by atoms with Crippen LogP contribution in [0.5, 0.6) is 0 Å². The van der Waals surface area contributed by atoms with E-state index < -0.39 is 10.0 Å². The molecular formula is C20H24N2O4S. The van der Waals surface area contributed by atoms with Crippen LogP contribution in [-0.2, 0) is 14.8 Å². The van der Waals surface area contributed by atoms with Crippen LogP contribution >= 0.6 is 0 Å². The lowest BCUT2D eigenvalue weighted by atomic mass is 10.2. The molecule has 0 saturated carbocycles. The molecule has 27 heavy (non-hydrogen) atoms. The van der Waals surface area contributed by atoms with Crippen molar-refractivity contribution in [3.05, 3.63) is 59.7 Å². The van der Waals surface area contributed by atoms with Gasteiger partial charge in [0.2, 0.25) is 10.0 Å². The van der Waals surface area contributed by atoms with Crippen molar-refractivity contribution >= 4 is 21.6 Å². The second kappa shape index (κ2) is 7.80. The van der Waals surface area contributed by atoms with Gasteiger partial charge in [-0.05, 0) is 57.2 Å². The quantitative estimate of drug-likeness (QED) is 0.873. The molecule has 1 saturated heterocycles. The zero-order valence-corrected chi connectivity index (χ0v) is 16.5. The number of nitrogens with zero attached hydrogens (tertiary/aromatic N) is 1. The molecular weight excluding hydrogens is 364 g/mol. The average molecular weight is 388 g/mol. The first-order valence-corrected chi connectivity index (χ1v) is 10.3. The highest BCUT2D eigenvalue weighted by Crippen LogP contribution is 2.22. The van der Waals surface area contributed by atoms with E-state index in [1.54, 1.807) is 0 Å². The highest BCUT2D eigenvalue weighted by atomic mass is 32.2. The Morgan fingerprint density at radius 2 is 1.56 bits per heavy atom. The number of ether oxygens (including phenoxy) is 1. The van der Waals surface area contributed by atoms with Gasteiger partial charge < -0.3 is 10.1 Å². The fourth-order valence-corrected chi connectivity index (χ4v) is 4.68. The highest BCUT2D eigenvalue weighted by Gasteiger charge is 2.32. The number of nitrogens with one attached hydrogen (secondary N) is 1. The number of amides is 1. The molecule has 0 aliphatic carbocycles. The van der Waals surface area contributed by atoms with Crippen LogP contribution in [0.3, 0.4) is 0 Å². The molecule has 1 heterocycles. The van der Waals surface area contributed by atoms with Crippen LogP contribution in [0, 0.1) is 6.92 Å². The minimum absolute atomic E-state index is 0.150. The molecule has 1 fully saturated rings. The van der Waals surface area contributed by atoms with Crippen LogP contribution in [0.2, 0.25) is 0 Å². The molecule has 3 rings (SSSR count). The zero-order valence-electron chi connectivity index (χ0n) is 15.7. The summed E-state index contributed by atoms with van der Waals surface area (Å²) in [6.45, 7) is 6.33. The highest BCUT2D eigenvalue weighted by molar-refractivity contribution is 7.89. The predicted octanol–water partition coefficient (Wildman–Crippen LogP) is 3.05. The molecule has 144 valence electrons. The summed E-state index contributed by atoms with van der Waals surface area (Å²) in [4.78, 5) is 12.5. The minimum Gasteiger partial charge on any atom is -0.373 e. The number of aryl methyl sites for hydroxylation is 1. The van der Waals surface area contributed by atoms with Crippen LogP contribution in [0.15, 0.2) is 53.4 Å². The fourth-order valence-electron chi connectivity index (χ4n) is 3.09. The number of sulfonamides is 1. The maximum Gasteiger partial charge on any atom is 0.255 e. The molecule has 1 aliphatic heterocycles. The standard InChI is InChI=1S/C20H24N2O4S/c1-14-4-8-18(9-5-14)21-20(23)17-6-10-19(11-7-17)27(24,25)22-12-15(2)26-16(3)13-22/h4-11,15-16H,12-13H2,1-3H3,(H,21,23)/t15-,16+. The first kappa shape index (κ1) is 19.5. The predicted molar refractivity (Wildman–Crippen MR) is 104 cm³/mol. The summed E-state index contributed by atoms with van der Waals surface area (Å²) < 4.78 is 32.7. The second-order valence-electron chi connectivity index (χ2n) is 6.92. The van der Waals surface area contributed by atoms with E-state index >= 15 is 0 Å². The number of rotatable bonds is 4. The molecule has 1 N–H and O–H groups in total. The topological polar surface area (TPSA) is 75.7 Å².